The van der Waals surface area contributed by atoms with E-state index in [1.54, 1.807) is 0 Å². The molecule has 2 aromatic rings. The third-order valence-corrected chi connectivity index (χ3v) is 3.39. The lowest BCUT2D eigenvalue weighted by molar-refractivity contribution is 0.413. The van der Waals surface area contributed by atoms with Crippen LogP contribution in [-0.2, 0) is 0 Å². The summed E-state index contributed by atoms with van der Waals surface area (Å²) in [6.07, 6.45) is 2.03. The van der Waals surface area contributed by atoms with Crippen LogP contribution in [0.1, 0.15) is 13.8 Å². The molecule has 92 valence electrons. The molecule has 0 spiro atoms. The molecule has 1 heterocycles. The molecular weight excluding hydrogens is 210 g/mol. The molecule has 0 saturated carbocycles. The first-order valence-corrected chi connectivity index (χ1v) is 6.22. The molecule has 1 aromatic carbocycles. The highest BCUT2D eigenvalue weighted by atomic mass is 14.9. The molecule has 3 heteroatoms. The molecule has 17 heavy (non-hydrogen) atoms. The van der Waals surface area contributed by atoms with Gasteiger partial charge in [-0.2, -0.15) is 0 Å². The lowest BCUT2D eigenvalue weighted by atomic mass is 9.96. The third-order valence-electron chi connectivity index (χ3n) is 3.39. The van der Waals surface area contributed by atoms with Crippen molar-refractivity contribution >= 4 is 16.6 Å². The van der Waals surface area contributed by atoms with Crippen LogP contribution in [0.5, 0.6) is 0 Å². The molecule has 0 fully saturated rings. The molecule has 0 radical (unpaired) electrons. The molecule has 3 nitrogen and oxygen atoms in total. The van der Waals surface area contributed by atoms with E-state index in [9.17, 15) is 0 Å². The smallest absolute Gasteiger partial charge is 0.0598 e. The molecule has 0 aliphatic rings. The van der Waals surface area contributed by atoms with E-state index in [2.05, 4.69) is 42.3 Å². The number of nitrogens with two attached hydrogens (primary N) is 1. The fraction of sp³-hybridized carbons (Fsp3) is 0.429. The second kappa shape index (κ2) is 5.23. The van der Waals surface area contributed by atoms with E-state index < -0.39 is 0 Å². The molecule has 0 saturated heterocycles. The summed E-state index contributed by atoms with van der Waals surface area (Å²) in [5.41, 5.74) is 8.11. The van der Waals surface area contributed by atoms with Gasteiger partial charge in [-0.15, -0.1) is 0 Å². The number of fused-ring (bicyclic) bond motifs is 1. The molecule has 1 atom stereocenters. The van der Waals surface area contributed by atoms with E-state index in [0.717, 1.165) is 13.1 Å². The van der Waals surface area contributed by atoms with Crippen molar-refractivity contribution in [2.45, 2.75) is 13.8 Å². The van der Waals surface area contributed by atoms with Gasteiger partial charge in [0.1, 0.15) is 0 Å². The predicted octanol–water partition coefficient (Wildman–Crippen LogP) is 2.81. The first-order valence-electron chi connectivity index (χ1n) is 6.22. The lowest BCUT2D eigenvalue weighted by Crippen LogP contribution is -2.27. The van der Waals surface area contributed by atoms with E-state index in [-0.39, 0.29) is 0 Å². The van der Waals surface area contributed by atoms with Gasteiger partial charge < -0.3 is 16.0 Å². The minimum absolute atomic E-state index is 0.517. The summed E-state index contributed by atoms with van der Waals surface area (Å²) in [6, 6.07) is 8.31. The number of aromatic amines is 1. The fourth-order valence-electron chi connectivity index (χ4n) is 2.05. The Morgan fingerprint density at radius 1 is 1.29 bits per heavy atom. The number of benzene rings is 1. The number of hydrogen-bond acceptors (Lipinski definition) is 2. The maximum absolute atomic E-state index is 5.78. The number of nitrogens with one attached hydrogen (secondary N) is 2. The van der Waals surface area contributed by atoms with Crippen LogP contribution in [0.3, 0.4) is 0 Å². The summed E-state index contributed by atoms with van der Waals surface area (Å²) in [6.45, 7) is 6.09. The van der Waals surface area contributed by atoms with E-state index in [4.69, 9.17) is 5.73 Å². The van der Waals surface area contributed by atoms with Gasteiger partial charge in [0.25, 0.3) is 0 Å². The van der Waals surface area contributed by atoms with Crippen LogP contribution >= 0.6 is 0 Å². The lowest BCUT2D eigenvalue weighted by Gasteiger charge is -2.19. The van der Waals surface area contributed by atoms with Gasteiger partial charge in [-0.1, -0.05) is 32.0 Å². The highest BCUT2D eigenvalue weighted by Crippen LogP contribution is 2.23. The summed E-state index contributed by atoms with van der Waals surface area (Å²) in [5, 5.41) is 4.73. The van der Waals surface area contributed by atoms with Crippen LogP contribution in [0.25, 0.3) is 10.9 Å². The zero-order valence-electron chi connectivity index (χ0n) is 10.5. The normalized spacial score (nSPS) is 13.2. The van der Waals surface area contributed by atoms with Crippen LogP contribution in [0.15, 0.2) is 30.5 Å². The van der Waals surface area contributed by atoms with Gasteiger partial charge in [-0.3, -0.25) is 0 Å². The number of rotatable bonds is 5. The molecule has 2 rings (SSSR count). The highest BCUT2D eigenvalue weighted by molar-refractivity contribution is 5.92. The van der Waals surface area contributed by atoms with Crippen LogP contribution in [0.4, 0.5) is 5.69 Å². The summed E-state index contributed by atoms with van der Waals surface area (Å²) in [4.78, 5) is 3.27. The highest BCUT2D eigenvalue weighted by Gasteiger charge is 2.11. The quantitative estimate of drug-likeness (QED) is 0.741. The summed E-state index contributed by atoms with van der Waals surface area (Å²) >= 11 is 0. The zero-order chi connectivity index (χ0) is 12.3. The Morgan fingerprint density at radius 2 is 2.06 bits per heavy atom. The SMILES string of the molecule is CC(C)C(CN)CNc1c[nH]c2ccccc12. The second-order valence-electron chi connectivity index (χ2n) is 4.87. The van der Waals surface area contributed by atoms with Crippen molar-refractivity contribution in [3.05, 3.63) is 30.5 Å². The van der Waals surface area contributed by atoms with Gasteiger partial charge in [-0.25, -0.2) is 0 Å². The van der Waals surface area contributed by atoms with Crippen LogP contribution < -0.4 is 11.1 Å². The van der Waals surface area contributed by atoms with E-state index in [0.29, 0.717) is 11.8 Å². The molecular formula is C14H21N3. The molecule has 1 aromatic heterocycles. The van der Waals surface area contributed by atoms with Gasteiger partial charge in [0, 0.05) is 23.6 Å². The maximum atomic E-state index is 5.78. The van der Waals surface area contributed by atoms with Crippen molar-refractivity contribution in [1.29, 1.82) is 0 Å². The van der Waals surface area contributed by atoms with Gasteiger partial charge in [0.2, 0.25) is 0 Å². The maximum Gasteiger partial charge on any atom is 0.0598 e. The van der Waals surface area contributed by atoms with Crippen molar-refractivity contribution < 1.29 is 0 Å². The van der Waals surface area contributed by atoms with Crippen molar-refractivity contribution in [3.8, 4) is 0 Å². The number of para-hydroxylation sites is 1. The average molecular weight is 231 g/mol. The van der Waals surface area contributed by atoms with E-state index >= 15 is 0 Å². The Balaban J connectivity index is 2.08. The van der Waals surface area contributed by atoms with Gasteiger partial charge in [0.15, 0.2) is 0 Å². The van der Waals surface area contributed by atoms with Crippen molar-refractivity contribution in [1.82, 2.24) is 4.98 Å². The Bertz CT molecular complexity index is 473. The third kappa shape index (κ3) is 2.61. The summed E-state index contributed by atoms with van der Waals surface area (Å²) < 4.78 is 0. The number of aromatic nitrogens is 1. The van der Waals surface area contributed by atoms with Gasteiger partial charge >= 0.3 is 0 Å². The molecule has 0 amide bonds. The Hall–Kier alpha value is -1.48. The molecule has 4 N–H and O–H groups in total. The zero-order valence-corrected chi connectivity index (χ0v) is 10.5. The van der Waals surface area contributed by atoms with Crippen molar-refractivity contribution in [3.63, 3.8) is 0 Å². The molecule has 0 aliphatic carbocycles. The number of anilines is 1. The average Bonchev–Trinajstić information content (AvgIpc) is 2.73. The molecule has 0 aliphatic heterocycles. The topological polar surface area (TPSA) is 53.8 Å². The van der Waals surface area contributed by atoms with Crippen LogP contribution in [-0.4, -0.2) is 18.1 Å². The standard InChI is InChI=1S/C14H21N3/c1-10(2)11(7-15)8-16-14-9-17-13-6-4-3-5-12(13)14/h3-6,9-11,16-17H,7-8,15H2,1-2H3. The summed E-state index contributed by atoms with van der Waals surface area (Å²) in [5.74, 6) is 1.13. The van der Waals surface area contributed by atoms with Crippen LogP contribution in [0, 0.1) is 11.8 Å². The van der Waals surface area contributed by atoms with E-state index in [1.165, 1.54) is 16.6 Å². The van der Waals surface area contributed by atoms with Crippen LogP contribution in [0.2, 0.25) is 0 Å². The Labute approximate surface area is 102 Å². The minimum Gasteiger partial charge on any atom is -0.383 e. The minimum atomic E-state index is 0.517. The Morgan fingerprint density at radius 3 is 2.76 bits per heavy atom. The van der Waals surface area contributed by atoms with Crippen molar-refractivity contribution in [2.24, 2.45) is 17.6 Å². The van der Waals surface area contributed by atoms with Gasteiger partial charge in [-0.05, 0) is 24.4 Å². The second-order valence-corrected chi connectivity index (χ2v) is 4.87. The van der Waals surface area contributed by atoms with Crippen molar-refractivity contribution in [2.75, 3.05) is 18.4 Å². The largest absolute Gasteiger partial charge is 0.383 e. The van der Waals surface area contributed by atoms with Gasteiger partial charge in [0.05, 0.1) is 5.69 Å². The fourth-order valence-corrected chi connectivity index (χ4v) is 2.05. The predicted molar refractivity (Wildman–Crippen MR) is 74.2 cm³/mol. The molecule has 1 unspecified atom stereocenters. The summed E-state index contributed by atoms with van der Waals surface area (Å²) in [7, 11) is 0. The number of hydrogen-bond donors (Lipinski definition) is 3. The monoisotopic (exact) mass is 231 g/mol. The number of H-pyrrole nitrogens is 1. The molecule has 0 bridgehead atoms. The first-order chi connectivity index (χ1) is 8.22. The van der Waals surface area contributed by atoms with E-state index in [1.807, 2.05) is 12.3 Å². The first kappa shape index (κ1) is 12.0. The Kier molecular flexibility index (Phi) is 3.69.